The van der Waals surface area contributed by atoms with Gasteiger partial charge in [-0.3, -0.25) is 4.79 Å². The van der Waals surface area contributed by atoms with E-state index in [1.807, 2.05) is 12.1 Å². The monoisotopic (exact) mass is 268 g/mol. The first-order valence-electron chi connectivity index (χ1n) is 5.56. The largest absolute Gasteiger partial charge is 0.481 e. The lowest BCUT2D eigenvalue weighted by Crippen LogP contribution is -2.56. The summed E-state index contributed by atoms with van der Waals surface area (Å²) in [6.07, 6.45) is 0. The number of halogens is 1. The Morgan fingerprint density at radius 1 is 1.33 bits per heavy atom. The average Bonchev–Trinajstić information content (AvgIpc) is 2.25. The van der Waals surface area contributed by atoms with Gasteiger partial charge in [-0.1, -0.05) is 23.7 Å². The van der Waals surface area contributed by atoms with E-state index in [9.17, 15) is 9.59 Å². The molecule has 2 amide bonds. The van der Waals surface area contributed by atoms with E-state index < -0.39 is 11.9 Å². The Morgan fingerprint density at radius 2 is 1.94 bits per heavy atom. The molecule has 0 aliphatic carbocycles. The minimum Gasteiger partial charge on any atom is -0.481 e. The molecule has 2 rings (SSSR count). The van der Waals surface area contributed by atoms with E-state index >= 15 is 0 Å². The number of carbonyl (C=O) groups is 2. The van der Waals surface area contributed by atoms with E-state index in [0.29, 0.717) is 11.6 Å². The van der Waals surface area contributed by atoms with Crippen molar-refractivity contribution < 1.29 is 14.7 Å². The highest BCUT2D eigenvalue weighted by molar-refractivity contribution is 6.30. The van der Waals surface area contributed by atoms with Crippen LogP contribution in [0.15, 0.2) is 24.3 Å². The fourth-order valence-corrected chi connectivity index (χ4v) is 1.82. The molecule has 1 aliphatic heterocycles. The van der Waals surface area contributed by atoms with Gasteiger partial charge in [0.2, 0.25) is 0 Å². The zero-order valence-corrected chi connectivity index (χ0v) is 10.4. The smallest absolute Gasteiger partial charge is 0.317 e. The summed E-state index contributed by atoms with van der Waals surface area (Å²) in [5, 5.41) is 12.1. The molecule has 0 aromatic heterocycles. The average molecular weight is 269 g/mol. The number of aliphatic carboxylic acids is 1. The normalized spacial score (nSPS) is 15.1. The van der Waals surface area contributed by atoms with Crippen LogP contribution in [0.4, 0.5) is 4.79 Å². The van der Waals surface area contributed by atoms with E-state index in [4.69, 9.17) is 16.7 Å². The van der Waals surface area contributed by atoms with Gasteiger partial charge in [-0.15, -0.1) is 0 Å². The molecule has 2 N–H and O–H groups in total. The van der Waals surface area contributed by atoms with E-state index in [2.05, 4.69) is 5.32 Å². The zero-order valence-electron chi connectivity index (χ0n) is 9.60. The lowest BCUT2D eigenvalue weighted by molar-refractivity contribution is -0.146. The van der Waals surface area contributed by atoms with Crippen molar-refractivity contribution >= 4 is 23.6 Å². The first kappa shape index (κ1) is 12.7. The summed E-state index contributed by atoms with van der Waals surface area (Å²) in [4.78, 5) is 23.7. The molecule has 6 heteroatoms. The number of hydrogen-bond acceptors (Lipinski definition) is 2. The molecule has 0 spiro atoms. The number of amides is 2. The molecule has 0 bridgehead atoms. The molecule has 0 saturated carbocycles. The highest BCUT2D eigenvalue weighted by Crippen LogP contribution is 2.15. The Balaban J connectivity index is 1.76. The fourth-order valence-electron chi connectivity index (χ4n) is 1.69. The minimum absolute atomic E-state index is 0.234. The van der Waals surface area contributed by atoms with E-state index in [1.165, 1.54) is 4.90 Å². The molecule has 1 aromatic carbocycles. The molecule has 1 aromatic rings. The number of rotatable bonds is 3. The van der Waals surface area contributed by atoms with Gasteiger partial charge in [0.1, 0.15) is 0 Å². The Bertz CT molecular complexity index is 455. The Labute approximate surface area is 109 Å². The predicted molar refractivity (Wildman–Crippen MR) is 66.4 cm³/mol. The van der Waals surface area contributed by atoms with Gasteiger partial charge in [-0.05, 0) is 17.7 Å². The van der Waals surface area contributed by atoms with Crippen LogP contribution in [0, 0.1) is 5.92 Å². The summed E-state index contributed by atoms with van der Waals surface area (Å²) in [6.45, 7) is 0.966. The SMILES string of the molecule is O=C(O)C1CN(C(=O)NCc2ccc(Cl)cc2)C1. The predicted octanol–water partition coefficient (Wildman–Crippen LogP) is 1.57. The number of carboxylic acids is 1. The molecule has 18 heavy (non-hydrogen) atoms. The van der Waals surface area contributed by atoms with Crippen LogP contribution in [0.25, 0.3) is 0 Å². The van der Waals surface area contributed by atoms with Crippen molar-refractivity contribution in [2.24, 2.45) is 5.92 Å². The highest BCUT2D eigenvalue weighted by Gasteiger charge is 2.35. The first-order chi connectivity index (χ1) is 8.56. The minimum atomic E-state index is -0.850. The van der Waals surface area contributed by atoms with Crippen molar-refractivity contribution in [3.8, 4) is 0 Å². The summed E-state index contributed by atoms with van der Waals surface area (Å²) in [5.74, 6) is -1.27. The number of carboxylic acid groups (broad SMARTS) is 1. The third-order valence-electron chi connectivity index (χ3n) is 2.87. The summed E-state index contributed by atoms with van der Waals surface area (Å²) >= 11 is 5.75. The van der Waals surface area contributed by atoms with Gasteiger partial charge in [0, 0.05) is 24.7 Å². The van der Waals surface area contributed by atoms with Crippen LogP contribution in [0.5, 0.6) is 0 Å². The molecule has 5 nitrogen and oxygen atoms in total. The van der Waals surface area contributed by atoms with Crippen molar-refractivity contribution in [3.63, 3.8) is 0 Å². The van der Waals surface area contributed by atoms with E-state index in [1.54, 1.807) is 12.1 Å². The van der Waals surface area contributed by atoms with Crippen molar-refractivity contribution in [2.45, 2.75) is 6.54 Å². The number of likely N-dealkylation sites (tertiary alicyclic amines) is 1. The van der Waals surface area contributed by atoms with Crippen molar-refractivity contribution in [3.05, 3.63) is 34.9 Å². The van der Waals surface area contributed by atoms with E-state index in [-0.39, 0.29) is 19.1 Å². The van der Waals surface area contributed by atoms with Crippen LogP contribution < -0.4 is 5.32 Å². The number of nitrogens with zero attached hydrogens (tertiary/aromatic N) is 1. The number of hydrogen-bond donors (Lipinski definition) is 2. The third kappa shape index (κ3) is 2.92. The van der Waals surface area contributed by atoms with Gasteiger partial charge in [0.05, 0.1) is 5.92 Å². The maximum absolute atomic E-state index is 11.6. The van der Waals surface area contributed by atoms with Gasteiger partial charge < -0.3 is 15.3 Å². The van der Waals surface area contributed by atoms with Crippen LogP contribution >= 0.6 is 11.6 Å². The van der Waals surface area contributed by atoms with E-state index in [0.717, 1.165) is 5.56 Å². The quantitative estimate of drug-likeness (QED) is 0.874. The molecule has 1 heterocycles. The van der Waals surface area contributed by atoms with Crippen LogP contribution in [0.3, 0.4) is 0 Å². The Kier molecular flexibility index (Phi) is 3.72. The standard InChI is InChI=1S/C12H13ClN2O3/c13-10-3-1-8(2-4-10)5-14-12(18)15-6-9(7-15)11(16)17/h1-4,9H,5-7H2,(H,14,18)(H,16,17). The second kappa shape index (κ2) is 5.27. The van der Waals surface area contributed by atoms with Gasteiger partial charge in [0.15, 0.2) is 0 Å². The molecular formula is C12H13ClN2O3. The third-order valence-corrected chi connectivity index (χ3v) is 3.13. The Hall–Kier alpha value is -1.75. The highest BCUT2D eigenvalue weighted by atomic mass is 35.5. The molecule has 0 atom stereocenters. The van der Waals surface area contributed by atoms with Crippen LogP contribution in [-0.2, 0) is 11.3 Å². The van der Waals surface area contributed by atoms with Crippen molar-refractivity contribution in [1.29, 1.82) is 0 Å². The zero-order chi connectivity index (χ0) is 13.1. The van der Waals surface area contributed by atoms with Gasteiger partial charge in [0.25, 0.3) is 0 Å². The number of carbonyl (C=O) groups excluding carboxylic acids is 1. The maximum Gasteiger partial charge on any atom is 0.317 e. The second-order valence-electron chi connectivity index (χ2n) is 4.23. The number of benzene rings is 1. The van der Waals surface area contributed by atoms with Crippen LogP contribution in [0.2, 0.25) is 5.02 Å². The topological polar surface area (TPSA) is 69.6 Å². The molecular weight excluding hydrogens is 256 g/mol. The van der Waals surface area contributed by atoms with Crippen LogP contribution in [-0.4, -0.2) is 35.1 Å². The van der Waals surface area contributed by atoms with Crippen LogP contribution in [0.1, 0.15) is 5.56 Å². The lowest BCUT2D eigenvalue weighted by atomic mass is 10.0. The fraction of sp³-hybridized carbons (Fsp3) is 0.333. The summed E-state index contributed by atoms with van der Waals surface area (Å²) in [5.41, 5.74) is 0.947. The second-order valence-corrected chi connectivity index (χ2v) is 4.66. The summed E-state index contributed by atoms with van der Waals surface area (Å²) in [6, 6.07) is 6.94. The first-order valence-corrected chi connectivity index (χ1v) is 5.94. The van der Waals surface area contributed by atoms with Crippen molar-refractivity contribution in [1.82, 2.24) is 10.2 Å². The molecule has 1 aliphatic rings. The summed E-state index contributed by atoms with van der Waals surface area (Å²) in [7, 11) is 0. The Morgan fingerprint density at radius 3 is 2.50 bits per heavy atom. The number of urea groups is 1. The maximum atomic E-state index is 11.6. The lowest BCUT2D eigenvalue weighted by Gasteiger charge is -2.36. The van der Waals surface area contributed by atoms with Gasteiger partial charge in [-0.2, -0.15) is 0 Å². The van der Waals surface area contributed by atoms with Gasteiger partial charge >= 0.3 is 12.0 Å². The van der Waals surface area contributed by atoms with Crippen molar-refractivity contribution in [2.75, 3.05) is 13.1 Å². The van der Waals surface area contributed by atoms with Gasteiger partial charge in [-0.25, -0.2) is 4.79 Å². The molecule has 0 unspecified atom stereocenters. The molecule has 1 saturated heterocycles. The molecule has 0 radical (unpaired) electrons. The summed E-state index contributed by atoms with van der Waals surface area (Å²) < 4.78 is 0. The number of nitrogens with one attached hydrogen (secondary N) is 1. The molecule has 96 valence electrons. The molecule has 1 fully saturated rings.